The number of nitrogens with one attached hydrogen (secondary N) is 1. The minimum Gasteiger partial charge on any atom is -0.313 e. The molecule has 1 heterocycles. The molecule has 3 unspecified atom stereocenters. The Morgan fingerprint density at radius 2 is 1.71 bits per heavy atom. The lowest BCUT2D eigenvalue weighted by Gasteiger charge is -2.46. The molecule has 1 aliphatic heterocycles. The molecule has 2 fully saturated rings. The molecule has 0 aromatic carbocycles. The molecule has 0 amide bonds. The lowest BCUT2D eigenvalue weighted by Crippen LogP contribution is -2.55. The molecule has 0 aromatic heterocycles. The maximum absolute atomic E-state index is 3.77. The molecule has 2 rings (SSSR count). The van der Waals surface area contributed by atoms with E-state index < -0.39 is 0 Å². The molecule has 0 spiro atoms. The summed E-state index contributed by atoms with van der Waals surface area (Å²) >= 11 is 0. The highest BCUT2D eigenvalue weighted by atomic mass is 15.2. The Bertz CT molecular complexity index is 284. The second-order valence-electron chi connectivity index (χ2n) is 7.56. The topological polar surface area (TPSA) is 18.5 Å². The number of hydrogen-bond donors (Lipinski definition) is 1. The van der Waals surface area contributed by atoms with Gasteiger partial charge >= 0.3 is 0 Å². The fourth-order valence-corrected chi connectivity index (χ4v) is 4.49. The highest BCUT2D eigenvalue weighted by Crippen LogP contribution is 2.32. The van der Waals surface area contributed by atoms with Crippen LogP contribution >= 0.6 is 0 Å². The second kappa shape index (κ2) is 8.50. The Balaban J connectivity index is 1.88. The van der Waals surface area contributed by atoms with Crippen molar-refractivity contribution in [2.45, 2.75) is 64.5 Å². The highest BCUT2D eigenvalue weighted by molar-refractivity contribution is 4.92. The number of nitrogens with zero attached hydrogens (tertiary/aromatic N) is 2. The number of rotatable bonds is 6. The van der Waals surface area contributed by atoms with Gasteiger partial charge in [0.05, 0.1) is 0 Å². The van der Waals surface area contributed by atoms with Gasteiger partial charge in [0.1, 0.15) is 0 Å². The summed E-state index contributed by atoms with van der Waals surface area (Å²) in [6.07, 6.45) is 8.39. The standard InChI is InChI=1S/C18H37N3/c1-5-15-7-8-17(19-6-2)18(13-15)21-11-9-16(10-12-21)14-20(3)4/h15-19H,5-14H2,1-4H3. The third-order valence-corrected chi connectivity index (χ3v) is 5.71. The van der Waals surface area contributed by atoms with Crippen LogP contribution in [0.3, 0.4) is 0 Å². The van der Waals surface area contributed by atoms with Crippen LogP contribution in [-0.2, 0) is 0 Å². The van der Waals surface area contributed by atoms with Crippen LogP contribution in [0.2, 0.25) is 0 Å². The summed E-state index contributed by atoms with van der Waals surface area (Å²) < 4.78 is 0. The molecule has 1 saturated carbocycles. The summed E-state index contributed by atoms with van der Waals surface area (Å²) in [4.78, 5) is 5.18. The van der Waals surface area contributed by atoms with Gasteiger partial charge < -0.3 is 10.2 Å². The SMILES string of the molecule is CCNC1CCC(CC)CC1N1CCC(CN(C)C)CC1. The Labute approximate surface area is 132 Å². The fraction of sp³-hybridized carbons (Fsp3) is 1.00. The molecule has 2 aliphatic rings. The molecule has 124 valence electrons. The van der Waals surface area contributed by atoms with Crippen molar-refractivity contribution in [1.29, 1.82) is 0 Å². The van der Waals surface area contributed by atoms with E-state index in [1.54, 1.807) is 0 Å². The van der Waals surface area contributed by atoms with Crippen LogP contribution in [0, 0.1) is 11.8 Å². The normalized spacial score (nSPS) is 32.7. The first kappa shape index (κ1) is 17.2. The Kier molecular flexibility index (Phi) is 6.97. The molecular formula is C18H37N3. The van der Waals surface area contributed by atoms with Gasteiger partial charge in [0.15, 0.2) is 0 Å². The Hall–Kier alpha value is -0.120. The first-order chi connectivity index (χ1) is 10.1. The van der Waals surface area contributed by atoms with Crippen LogP contribution in [0.25, 0.3) is 0 Å². The van der Waals surface area contributed by atoms with Crippen molar-refractivity contribution in [3.8, 4) is 0 Å². The van der Waals surface area contributed by atoms with E-state index in [1.807, 2.05) is 0 Å². The monoisotopic (exact) mass is 295 g/mol. The minimum atomic E-state index is 0.739. The zero-order valence-electron chi connectivity index (χ0n) is 14.8. The third kappa shape index (κ3) is 4.94. The molecule has 1 saturated heterocycles. The van der Waals surface area contributed by atoms with Crippen molar-refractivity contribution in [3.05, 3.63) is 0 Å². The van der Waals surface area contributed by atoms with Crippen LogP contribution in [0.1, 0.15) is 52.4 Å². The lowest BCUT2D eigenvalue weighted by atomic mass is 9.79. The van der Waals surface area contributed by atoms with Crippen LogP contribution in [0.5, 0.6) is 0 Å². The quantitative estimate of drug-likeness (QED) is 0.813. The zero-order valence-corrected chi connectivity index (χ0v) is 14.8. The van der Waals surface area contributed by atoms with Gasteiger partial charge in [-0.15, -0.1) is 0 Å². The van der Waals surface area contributed by atoms with Gasteiger partial charge in [-0.3, -0.25) is 4.90 Å². The van der Waals surface area contributed by atoms with Gasteiger partial charge in [-0.05, 0) is 77.7 Å². The largest absolute Gasteiger partial charge is 0.313 e. The average molecular weight is 296 g/mol. The number of piperidine rings is 1. The van der Waals surface area contributed by atoms with Crippen LogP contribution < -0.4 is 5.32 Å². The van der Waals surface area contributed by atoms with E-state index >= 15 is 0 Å². The molecule has 3 heteroatoms. The molecule has 1 aliphatic carbocycles. The summed E-state index contributed by atoms with van der Waals surface area (Å²) in [5, 5.41) is 3.77. The van der Waals surface area contributed by atoms with Gasteiger partial charge in [-0.25, -0.2) is 0 Å². The maximum atomic E-state index is 3.77. The molecular weight excluding hydrogens is 258 g/mol. The van der Waals surface area contributed by atoms with Crippen molar-refractivity contribution >= 4 is 0 Å². The summed E-state index contributed by atoms with van der Waals surface area (Å²) in [7, 11) is 4.42. The predicted molar refractivity (Wildman–Crippen MR) is 91.7 cm³/mol. The van der Waals surface area contributed by atoms with Crippen molar-refractivity contribution in [2.75, 3.05) is 40.3 Å². The van der Waals surface area contributed by atoms with E-state index in [-0.39, 0.29) is 0 Å². The smallest absolute Gasteiger partial charge is 0.0251 e. The number of likely N-dealkylation sites (tertiary alicyclic amines) is 1. The van der Waals surface area contributed by atoms with Gasteiger partial charge in [0.2, 0.25) is 0 Å². The van der Waals surface area contributed by atoms with Crippen molar-refractivity contribution < 1.29 is 0 Å². The molecule has 21 heavy (non-hydrogen) atoms. The summed E-state index contributed by atoms with van der Waals surface area (Å²) in [6.45, 7) is 9.66. The van der Waals surface area contributed by atoms with Crippen molar-refractivity contribution in [2.24, 2.45) is 11.8 Å². The van der Waals surface area contributed by atoms with E-state index in [0.29, 0.717) is 0 Å². The van der Waals surface area contributed by atoms with E-state index in [4.69, 9.17) is 0 Å². The van der Waals surface area contributed by atoms with E-state index in [2.05, 4.69) is 43.1 Å². The first-order valence-electron chi connectivity index (χ1n) is 9.26. The van der Waals surface area contributed by atoms with Gasteiger partial charge in [0, 0.05) is 18.6 Å². The average Bonchev–Trinajstić information content (AvgIpc) is 2.48. The molecule has 0 radical (unpaired) electrons. The number of hydrogen-bond acceptors (Lipinski definition) is 3. The van der Waals surface area contributed by atoms with E-state index in [0.717, 1.165) is 30.5 Å². The lowest BCUT2D eigenvalue weighted by molar-refractivity contribution is 0.0601. The first-order valence-corrected chi connectivity index (χ1v) is 9.26. The van der Waals surface area contributed by atoms with E-state index in [9.17, 15) is 0 Å². The molecule has 0 bridgehead atoms. The summed E-state index contributed by atoms with van der Waals surface area (Å²) in [5.41, 5.74) is 0. The van der Waals surface area contributed by atoms with Crippen molar-refractivity contribution in [1.82, 2.24) is 15.1 Å². The number of likely N-dealkylation sites (N-methyl/N-ethyl adjacent to an activating group) is 1. The highest BCUT2D eigenvalue weighted by Gasteiger charge is 2.35. The van der Waals surface area contributed by atoms with E-state index in [1.165, 1.54) is 58.2 Å². The van der Waals surface area contributed by atoms with Gasteiger partial charge in [0.25, 0.3) is 0 Å². The van der Waals surface area contributed by atoms with Crippen molar-refractivity contribution in [3.63, 3.8) is 0 Å². The van der Waals surface area contributed by atoms with Crippen LogP contribution in [0.4, 0.5) is 0 Å². The van der Waals surface area contributed by atoms with Gasteiger partial charge in [-0.2, -0.15) is 0 Å². The fourth-order valence-electron chi connectivity index (χ4n) is 4.49. The Morgan fingerprint density at radius 1 is 1.00 bits per heavy atom. The minimum absolute atomic E-state index is 0.739. The van der Waals surface area contributed by atoms with Crippen LogP contribution in [-0.4, -0.2) is 62.2 Å². The third-order valence-electron chi connectivity index (χ3n) is 5.71. The summed E-state index contributed by atoms with van der Waals surface area (Å²) in [5.74, 6) is 1.88. The van der Waals surface area contributed by atoms with Gasteiger partial charge in [-0.1, -0.05) is 20.3 Å². The summed E-state index contributed by atoms with van der Waals surface area (Å²) in [6, 6.07) is 1.53. The maximum Gasteiger partial charge on any atom is 0.0251 e. The molecule has 0 aromatic rings. The van der Waals surface area contributed by atoms with Crippen LogP contribution in [0.15, 0.2) is 0 Å². The molecule has 1 N–H and O–H groups in total. The molecule has 3 atom stereocenters. The molecule has 3 nitrogen and oxygen atoms in total. The second-order valence-corrected chi connectivity index (χ2v) is 7.56. The Morgan fingerprint density at radius 3 is 2.29 bits per heavy atom. The predicted octanol–water partition coefficient (Wildman–Crippen LogP) is 2.82. The zero-order chi connectivity index (χ0) is 15.2.